The van der Waals surface area contributed by atoms with Crippen LogP contribution in [0, 0.1) is 5.92 Å². The molecule has 2 rings (SSSR count). The number of hydrogen-bond donors (Lipinski definition) is 3. The molecule has 5 nitrogen and oxygen atoms in total. The molecule has 0 saturated heterocycles. The molecule has 0 radical (unpaired) electrons. The summed E-state index contributed by atoms with van der Waals surface area (Å²) in [6.07, 6.45) is 2.24. The van der Waals surface area contributed by atoms with Gasteiger partial charge in [-0.2, -0.15) is 0 Å². The van der Waals surface area contributed by atoms with Gasteiger partial charge in [0.05, 0.1) is 6.54 Å². The maximum atomic E-state index is 11.6. The van der Waals surface area contributed by atoms with Crippen LogP contribution in [0.5, 0.6) is 0 Å². The van der Waals surface area contributed by atoms with E-state index in [0.717, 1.165) is 19.3 Å². The Morgan fingerprint density at radius 2 is 1.85 bits per heavy atom. The average molecular weight is 275 g/mol. The maximum absolute atomic E-state index is 11.6. The van der Waals surface area contributed by atoms with Crippen LogP contribution in [0.25, 0.3) is 0 Å². The first-order chi connectivity index (χ1) is 9.65. The Morgan fingerprint density at radius 3 is 2.50 bits per heavy atom. The molecule has 1 aliphatic rings. The molecule has 0 heterocycles. The quantitative estimate of drug-likeness (QED) is 0.693. The zero-order valence-corrected chi connectivity index (χ0v) is 11.5. The molecule has 1 aromatic carbocycles. The number of hydrogen-bond acceptors (Lipinski definition) is 3. The van der Waals surface area contributed by atoms with Gasteiger partial charge >= 0.3 is 0 Å². The fourth-order valence-electron chi connectivity index (χ4n) is 2.24. The molecule has 1 saturated carbocycles. The smallest absolute Gasteiger partial charge is 0.239 e. The summed E-state index contributed by atoms with van der Waals surface area (Å²) >= 11 is 0. The highest BCUT2D eigenvalue weighted by Crippen LogP contribution is 2.25. The van der Waals surface area contributed by atoms with Gasteiger partial charge in [0, 0.05) is 18.5 Å². The Bertz CT molecular complexity index is 455. The van der Waals surface area contributed by atoms with Crippen molar-refractivity contribution in [2.45, 2.75) is 25.3 Å². The molecule has 0 aromatic heterocycles. The van der Waals surface area contributed by atoms with Crippen molar-refractivity contribution in [3.05, 3.63) is 35.9 Å². The molecule has 0 bridgehead atoms. The summed E-state index contributed by atoms with van der Waals surface area (Å²) in [5, 5.41) is 5.44. The third-order valence-electron chi connectivity index (χ3n) is 3.55. The molecular formula is C15H21N3O2. The highest BCUT2D eigenvalue weighted by atomic mass is 16.2. The number of nitrogens with two attached hydrogens (primary N) is 1. The molecule has 1 fully saturated rings. The molecule has 20 heavy (non-hydrogen) atoms. The van der Waals surface area contributed by atoms with Crippen molar-refractivity contribution in [3.63, 3.8) is 0 Å². The van der Waals surface area contributed by atoms with Gasteiger partial charge in [-0.1, -0.05) is 30.3 Å². The van der Waals surface area contributed by atoms with E-state index in [-0.39, 0.29) is 30.3 Å². The Labute approximate surface area is 118 Å². The van der Waals surface area contributed by atoms with E-state index in [1.807, 2.05) is 30.3 Å². The monoisotopic (exact) mass is 275 g/mol. The number of amides is 2. The summed E-state index contributed by atoms with van der Waals surface area (Å²) in [5.41, 5.74) is 6.81. The van der Waals surface area contributed by atoms with Crippen molar-refractivity contribution in [2.75, 3.05) is 13.1 Å². The van der Waals surface area contributed by atoms with Gasteiger partial charge in [0.25, 0.3) is 0 Å². The minimum Gasteiger partial charge on any atom is -0.354 e. The number of rotatable bonds is 6. The highest BCUT2D eigenvalue weighted by Gasteiger charge is 2.31. The van der Waals surface area contributed by atoms with E-state index in [9.17, 15) is 9.59 Å². The minimum atomic E-state index is -0.155. The van der Waals surface area contributed by atoms with Crippen LogP contribution in [-0.2, 0) is 16.0 Å². The zero-order valence-electron chi connectivity index (χ0n) is 11.5. The SMILES string of the molecule is NC1CC(C(=O)NCC(=O)NCCc2ccccc2)C1. The lowest BCUT2D eigenvalue weighted by Crippen LogP contribution is -2.47. The predicted molar refractivity (Wildman–Crippen MR) is 76.9 cm³/mol. The first-order valence-electron chi connectivity index (χ1n) is 6.99. The molecule has 0 unspecified atom stereocenters. The molecule has 0 spiro atoms. The van der Waals surface area contributed by atoms with E-state index in [1.54, 1.807) is 0 Å². The first-order valence-corrected chi connectivity index (χ1v) is 6.99. The molecule has 108 valence electrons. The normalized spacial score (nSPS) is 20.9. The van der Waals surface area contributed by atoms with Gasteiger partial charge in [-0.25, -0.2) is 0 Å². The van der Waals surface area contributed by atoms with E-state index in [0.29, 0.717) is 6.54 Å². The van der Waals surface area contributed by atoms with E-state index < -0.39 is 0 Å². The lowest BCUT2D eigenvalue weighted by Gasteiger charge is -2.30. The number of benzene rings is 1. The Kier molecular flexibility index (Phi) is 5.12. The molecule has 1 aromatic rings. The van der Waals surface area contributed by atoms with Crippen LogP contribution in [0.2, 0.25) is 0 Å². The van der Waals surface area contributed by atoms with Gasteiger partial charge in [0.15, 0.2) is 0 Å². The summed E-state index contributed by atoms with van der Waals surface area (Å²) in [5.74, 6) is -0.232. The van der Waals surface area contributed by atoms with Crippen LogP contribution in [0.15, 0.2) is 30.3 Å². The van der Waals surface area contributed by atoms with Gasteiger partial charge in [-0.05, 0) is 24.8 Å². The number of nitrogens with one attached hydrogen (secondary N) is 2. The fourth-order valence-corrected chi connectivity index (χ4v) is 2.24. The third-order valence-corrected chi connectivity index (χ3v) is 3.55. The van der Waals surface area contributed by atoms with Crippen molar-refractivity contribution in [1.82, 2.24) is 10.6 Å². The van der Waals surface area contributed by atoms with E-state index in [1.165, 1.54) is 5.56 Å². The number of carbonyl (C=O) groups excluding carboxylic acids is 2. The van der Waals surface area contributed by atoms with Gasteiger partial charge in [-0.3, -0.25) is 9.59 Å². The van der Waals surface area contributed by atoms with E-state index in [2.05, 4.69) is 10.6 Å². The van der Waals surface area contributed by atoms with Crippen LogP contribution in [0.1, 0.15) is 18.4 Å². The van der Waals surface area contributed by atoms with Gasteiger partial charge in [0.1, 0.15) is 0 Å². The van der Waals surface area contributed by atoms with Gasteiger partial charge < -0.3 is 16.4 Å². The summed E-state index contributed by atoms with van der Waals surface area (Å²) in [6.45, 7) is 0.617. The van der Waals surface area contributed by atoms with Gasteiger partial charge in [0.2, 0.25) is 11.8 Å². The van der Waals surface area contributed by atoms with Crippen molar-refractivity contribution < 1.29 is 9.59 Å². The molecule has 0 atom stereocenters. The lowest BCUT2D eigenvalue weighted by atomic mass is 9.80. The van der Waals surface area contributed by atoms with Crippen LogP contribution in [0.3, 0.4) is 0 Å². The van der Waals surface area contributed by atoms with E-state index in [4.69, 9.17) is 5.73 Å². The van der Waals surface area contributed by atoms with Crippen molar-refractivity contribution >= 4 is 11.8 Å². The Morgan fingerprint density at radius 1 is 1.15 bits per heavy atom. The molecule has 2 amide bonds. The second kappa shape index (κ2) is 7.05. The van der Waals surface area contributed by atoms with Crippen LogP contribution >= 0.6 is 0 Å². The first kappa shape index (κ1) is 14.5. The molecule has 5 heteroatoms. The van der Waals surface area contributed by atoms with Crippen LogP contribution in [-0.4, -0.2) is 30.9 Å². The second-order valence-electron chi connectivity index (χ2n) is 5.23. The lowest BCUT2D eigenvalue weighted by molar-refractivity contribution is -0.130. The van der Waals surface area contributed by atoms with Crippen molar-refractivity contribution in [3.8, 4) is 0 Å². The Hall–Kier alpha value is -1.88. The van der Waals surface area contributed by atoms with Gasteiger partial charge in [-0.15, -0.1) is 0 Å². The second-order valence-corrected chi connectivity index (χ2v) is 5.23. The van der Waals surface area contributed by atoms with Crippen molar-refractivity contribution in [2.24, 2.45) is 11.7 Å². The standard InChI is InChI=1S/C15H21N3O2/c16-13-8-12(9-13)15(20)18-10-14(19)17-7-6-11-4-2-1-3-5-11/h1-5,12-13H,6-10,16H2,(H,17,19)(H,18,20). The average Bonchev–Trinajstić information content (AvgIpc) is 2.42. The summed E-state index contributed by atoms with van der Waals surface area (Å²) < 4.78 is 0. The summed E-state index contributed by atoms with van der Waals surface area (Å²) in [7, 11) is 0. The molecule has 0 aliphatic heterocycles. The predicted octanol–water partition coefficient (Wildman–Crippen LogP) is 0.199. The van der Waals surface area contributed by atoms with Crippen LogP contribution < -0.4 is 16.4 Å². The molecular weight excluding hydrogens is 254 g/mol. The summed E-state index contributed by atoms with van der Waals surface area (Å²) in [6, 6.07) is 10.1. The fraction of sp³-hybridized carbons (Fsp3) is 0.467. The minimum absolute atomic E-state index is 0.0119. The Balaban J connectivity index is 1.57. The largest absolute Gasteiger partial charge is 0.354 e. The highest BCUT2D eigenvalue weighted by molar-refractivity contribution is 5.86. The van der Waals surface area contributed by atoms with E-state index >= 15 is 0 Å². The summed E-state index contributed by atoms with van der Waals surface area (Å²) in [4.78, 5) is 23.2. The van der Waals surface area contributed by atoms with Crippen LogP contribution in [0.4, 0.5) is 0 Å². The number of carbonyl (C=O) groups is 2. The zero-order chi connectivity index (χ0) is 14.4. The maximum Gasteiger partial charge on any atom is 0.239 e. The third kappa shape index (κ3) is 4.35. The van der Waals surface area contributed by atoms with Crippen molar-refractivity contribution in [1.29, 1.82) is 0 Å². The molecule has 4 N–H and O–H groups in total. The molecule has 1 aliphatic carbocycles. The topological polar surface area (TPSA) is 84.2 Å².